The summed E-state index contributed by atoms with van der Waals surface area (Å²) in [6.45, 7) is 2.20. The molecule has 0 aliphatic rings. The van der Waals surface area contributed by atoms with Gasteiger partial charge in [0.1, 0.15) is 0 Å². The lowest BCUT2D eigenvalue weighted by molar-refractivity contribution is 0.0978. The molecule has 0 unspecified atom stereocenters. The van der Waals surface area contributed by atoms with Gasteiger partial charge in [0.05, 0.1) is 21.3 Å². The minimum Gasteiger partial charge on any atom is -0.493 e. The zero-order chi connectivity index (χ0) is 16.4. The van der Waals surface area contributed by atoms with Crippen LogP contribution in [-0.2, 0) is 0 Å². The van der Waals surface area contributed by atoms with Crippen LogP contribution in [0.2, 0.25) is 0 Å². The van der Waals surface area contributed by atoms with Gasteiger partial charge in [-0.2, -0.15) is 0 Å². The third-order valence-corrected chi connectivity index (χ3v) is 3.74. The van der Waals surface area contributed by atoms with Crippen molar-refractivity contribution in [2.24, 2.45) is 0 Å². The molecule has 0 heterocycles. The van der Waals surface area contributed by atoms with Gasteiger partial charge in [-0.15, -0.1) is 0 Å². The fourth-order valence-corrected chi connectivity index (χ4v) is 2.45. The first-order valence-electron chi connectivity index (χ1n) is 8.01. The number of methoxy groups -OCH3 is 3. The van der Waals surface area contributed by atoms with E-state index in [4.69, 9.17) is 14.2 Å². The summed E-state index contributed by atoms with van der Waals surface area (Å²) in [6, 6.07) is 3.45. The molecule has 1 aromatic carbocycles. The van der Waals surface area contributed by atoms with Gasteiger partial charge in [0, 0.05) is 12.0 Å². The number of hydrogen-bond acceptors (Lipinski definition) is 4. The van der Waals surface area contributed by atoms with E-state index in [1.54, 1.807) is 33.5 Å². The summed E-state index contributed by atoms with van der Waals surface area (Å²) in [5, 5.41) is 0. The zero-order valence-corrected chi connectivity index (χ0v) is 14.2. The van der Waals surface area contributed by atoms with Gasteiger partial charge >= 0.3 is 0 Å². The van der Waals surface area contributed by atoms with Gasteiger partial charge in [0.15, 0.2) is 17.3 Å². The first-order chi connectivity index (χ1) is 10.7. The Labute approximate surface area is 133 Å². The standard InChI is InChI=1S/C18H28O4/c1-5-6-7-8-9-10-11-15(19)14-12-16(20-2)18(22-4)17(13-14)21-3/h12-13H,5-11H2,1-4H3. The predicted octanol–water partition coefficient (Wildman–Crippen LogP) is 4.65. The van der Waals surface area contributed by atoms with Gasteiger partial charge in [0.2, 0.25) is 5.75 Å². The van der Waals surface area contributed by atoms with Crippen molar-refractivity contribution >= 4 is 5.78 Å². The van der Waals surface area contributed by atoms with Gasteiger partial charge in [-0.1, -0.05) is 39.0 Å². The molecule has 0 radical (unpaired) electrons. The van der Waals surface area contributed by atoms with Crippen LogP contribution in [0.5, 0.6) is 17.2 Å². The summed E-state index contributed by atoms with van der Waals surface area (Å²) < 4.78 is 15.8. The minimum absolute atomic E-state index is 0.120. The number of Topliss-reactive ketones (excluding diaryl/α,β-unsaturated/α-hetero) is 1. The van der Waals surface area contributed by atoms with E-state index >= 15 is 0 Å². The van der Waals surface area contributed by atoms with Gasteiger partial charge < -0.3 is 14.2 Å². The molecule has 0 saturated carbocycles. The molecule has 0 fully saturated rings. The highest BCUT2D eigenvalue weighted by Gasteiger charge is 2.16. The summed E-state index contributed by atoms with van der Waals surface area (Å²) in [5.41, 5.74) is 0.614. The third-order valence-electron chi connectivity index (χ3n) is 3.74. The van der Waals surface area contributed by atoms with Crippen LogP contribution in [0.3, 0.4) is 0 Å². The molecule has 0 aromatic heterocycles. The predicted molar refractivity (Wildman–Crippen MR) is 88.4 cm³/mol. The number of rotatable bonds is 11. The molecule has 1 aromatic rings. The number of carbonyl (C=O) groups is 1. The van der Waals surface area contributed by atoms with Crippen molar-refractivity contribution in [3.63, 3.8) is 0 Å². The molecule has 0 amide bonds. The van der Waals surface area contributed by atoms with Crippen molar-refractivity contribution in [2.75, 3.05) is 21.3 Å². The van der Waals surface area contributed by atoms with Crippen molar-refractivity contribution in [1.29, 1.82) is 0 Å². The van der Waals surface area contributed by atoms with E-state index in [0.717, 1.165) is 12.8 Å². The fraction of sp³-hybridized carbons (Fsp3) is 0.611. The fourth-order valence-electron chi connectivity index (χ4n) is 2.45. The quantitative estimate of drug-likeness (QED) is 0.441. The van der Waals surface area contributed by atoms with Gasteiger partial charge in [0.25, 0.3) is 0 Å². The molecule has 0 N–H and O–H groups in total. The van der Waals surface area contributed by atoms with E-state index in [0.29, 0.717) is 29.2 Å². The number of ketones is 1. The normalized spacial score (nSPS) is 10.4. The highest BCUT2D eigenvalue weighted by Crippen LogP contribution is 2.38. The Balaban J connectivity index is 2.65. The number of hydrogen-bond donors (Lipinski definition) is 0. The first-order valence-corrected chi connectivity index (χ1v) is 8.01. The monoisotopic (exact) mass is 308 g/mol. The number of carbonyl (C=O) groups excluding carboxylic acids is 1. The molecule has 4 heteroatoms. The summed E-state index contributed by atoms with van der Waals surface area (Å²) in [7, 11) is 4.66. The average molecular weight is 308 g/mol. The van der Waals surface area contributed by atoms with Crippen LogP contribution >= 0.6 is 0 Å². The maximum absolute atomic E-state index is 12.3. The largest absolute Gasteiger partial charge is 0.493 e. The second kappa shape index (κ2) is 10.1. The lowest BCUT2D eigenvalue weighted by Crippen LogP contribution is -2.02. The molecule has 0 saturated heterocycles. The maximum atomic E-state index is 12.3. The summed E-state index contributed by atoms with van der Waals surface area (Å²) in [4.78, 5) is 12.3. The lowest BCUT2D eigenvalue weighted by Gasteiger charge is -2.13. The van der Waals surface area contributed by atoms with Gasteiger partial charge in [-0.25, -0.2) is 0 Å². The maximum Gasteiger partial charge on any atom is 0.203 e. The van der Waals surface area contributed by atoms with Gasteiger partial charge in [-0.05, 0) is 18.6 Å². The molecule has 0 bridgehead atoms. The van der Waals surface area contributed by atoms with E-state index in [-0.39, 0.29) is 5.78 Å². The summed E-state index contributed by atoms with van der Waals surface area (Å²) >= 11 is 0. The zero-order valence-electron chi connectivity index (χ0n) is 14.2. The molecule has 0 atom stereocenters. The minimum atomic E-state index is 0.120. The van der Waals surface area contributed by atoms with E-state index in [9.17, 15) is 4.79 Å². The number of ether oxygens (including phenoxy) is 3. The van der Waals surface area contributed by atoms with Crippen molar-refractivity contribution in [1.82, 2.24) is 0 Å². The Kier molecular flexibility index (Phi) is 8.41. The Bertz CT molecular complexity index is 443. The molecule has 4 nitrogen and oxygen atoms in total. The SMILES string of the molecule is CCCCCCCCC(=O)c1cc(OC)c(OC)c(OC)c1. The molecule has 1 rings (SSSR count). The van der Waals surface area contributed by atoms with E-state index in [1.807, 2.05) is 0 Å². The van der Waals surface area contributed by atoms with Crippen molar-refractivity contribution < 1.29 is 19.0 Å². The van der Waals surface area contributed by atoms with Crippen LogP contribution in [0.1, 0.15) is 62.2 Å². The van der Waals surface area contributed by atoms with Crippen molar-refractivity contribution in [2.45, 2.75) is 51.9 Å². The van der Waals surface area contributed by atoms with Crippen LogP contribution in [-0.4, -0.2) is 27.1 Å². The molecular formula is C18H28O4. The van der Waals surface area contributed by atoms with E-state index < -0.39 is 0 Å². The second-order valence-corrected chi connectivity index (χ2v) is 5.35. The van der Waals surface area contributed by atoms with Crippen LogP contribution in [0.15, 0.2) is 12.1 Å². The van der Waals surface area contributed by atoms with E-state index in [1.165, 1.54) is 25.7 Å². The highest BCUT2D eigenvalue weighted by atomic mass is 16.5. The van der Waals surface area contributed by atoms with Crippen molar-refractivity contribution in [3.8, 4) is 17.2 Å². The topological polar surface area (TPSA) is 44.8 Å². The Hall–Kier alpha value is -1.71. The van der Waals surface area contributed by atoms with E-state index in [2.05, 4.69) is 6.92 Å². The number of benzene rings is 1. The lowest BCUT2D eigenvalue weighted by atomic mass is 10.0. The Morgan fingerprint density at radius 2 is 1.41 bits per heavy atom. The first kappa shape index (κ1) is 18.3. The summed E-state index contributed by atoms with van der Waals surface area (Å²) in [5.74, 6) is 1.68. The molecule has 0 spiro atoms. The molecule has 0 aliphatic heterocycles. The van der Waals surface area contributed by atoms with Crippen LogP contribution in [0.25, 0.3) is 0 Å². The third kappa shape index (κ3) is 5.24. The van der Waals surface area contributed by atoms with Crippen LogP contribution in [0.4, 0.5) is 0 Å². The Morgan fingerprint density at radius 3 is 1.91 bits per heavy atom. The second-order valence-electron chi connectivity index (χ2n) is 5.35. The van der Waals surface area contributed by atoms with Crippen molar-refractivity contribution in [3.05, 3.63) is 17.7 Å². The Morgan fingerprint density at radius 1 is 0.864 bits per heavy atom. The molecule has 22 heavy (non-hydrogen) atoms. The van der Waals surface area contributed by atoms with Gasteiger partial charge in [-0.3, -0.25) is 4.79 Å². The molecule has 0 aliphatic carbocycles. The summed E-state index contributed by atoms with van der Waals surface area (Å²) in [6.07, 6.45) is 7.58. The van der Waals surface area contributed by atoms with Crippen LogP contribution in [0, 0.1) is 0 Å². The molecule has 124 valence electrons. The smallest absolute Gasteiger partial charge is 0.203 e. The molecular weight excluding hydrogens is 280 g/mol. The highest BCUT2D eigenvalue weighted by molar-refractivity contribution is 5.97. The van der Waals surface area contributed by atoms with Crippen LogP contribution < -0.4 is 14.2 Å². The average Bonchev–Trinajstić information content (AvgIpc) is 2.56. The number of unbranched alkanes of at least 4 members (excludes halogenated alkanes) is 5.